The number of aromatic nitrogens is 4. The predicted octanol–water partition coefficient (Wildman–Crippen LogP) is 14.9. The fourth-order valence-corrected chi connectivity index (χ4v) is 9.33. The lowest BCUT2D eigenvalue weighted by molar-refractivity contribution is 0.796. The Labute approximate surface area is 378 Å². The lowest BCUT2D eigenvalue weighted by Gasteiger charge is -2.11. The van der Waals surface area contributed by atoms with E-state index in [2.05, 4.69) is 192 Å². The Morgan fingerprint density at radius 1 is 0.484 bits per heavy atom. The van der Waals surface area contributed by atoms with Gasteiger partial charge in [0, 0.05) is 44.3 Å². The summed E-state index contributed by atoms with van der Waals surface area (Å²) in [6.45, 7) is 17.8. The third-order valence-corrected chi connectivity index (χ3v) is 13.4. The molecule has 7 aromatic rings. The molecule has 0 aliphatic carbocycles. The van der Waals surface area contributed by atoms with Gasteiger partial charge in [-0.15, -0.1) is 0 Å². The summed E-state index contributed by atoms with van der Waals surface area (Å²) in [5.74, 6) is 19.2. The average molecular weight is 831 g/mol. The van der Waals surface area contributed by atoms with Crippen molar-refractivity contribution in [3.05, 3.63) is 153 Å². The highest BCUT2D eigenvalue weighted by molar-refractivity contribution is 6.05. The summed E-state index contributed by atoms with van der Waals surface area (Å²) in [7, 11) is 0. The molecule has 0 amide bonds. The molecule has 9 rings (SSSR count). The van der Waals surface area contributed by atoms with Gasteiger partial charge in [0.2, 0.25) is 0 Å². The molecule has 4 aromatic carbocycles. The van der Waals surface area contributed by atoms with Crippen LogP contribution in [-0.2, 0) is 12.8 Å². The van der Waals surface area contributed by atoms with E-state index in [1.807, 2.05) is 6.07 Å². The molecule has 3 aromatic heterocycles. The molecule has 0 saturated carbocycles. The van der Waals surface area contributed by atoms with Crippen LogP contribution in [0.2, 0.25) is 0 Å². The maximum Gasteiger partial charge on any atom is 0.0770 e. The summed E-state index contributed by atoms with van der Waals surface area (Å²) in [6.07, 6.45) is 6.58. The van der Waals surface area contributed by atoms with Crippen molar-refractivity contribution in [1.29, 1.82) is 0 Å². The molecule has 4 heteroatoms. The lowest BCUT2D eigenvalue weighted by Crippen LogP contribution is -1.95. The van der Waals surface area contributed by atoms with E-state index in [0.717, 1.165) is 138 Å². The normalized spacial score (nSPS) is 12.2. The van der Waals surface area contributed by atoms with E-state index < -0.39 is 0 Å². The topological polar surface area (TPSA) is 57.4 Å². The Bertz CT molecular complexity index is 3320. The SMILES string of the molecule is CCCCc1c(C)c2cc3nc(c(-c4ccccc4C#CC#CC#Cc4c5ccccc5cc5ccccc45)c4nc(cc5[nH]c(cc1[nH]2)c(CCCC)c5C)C(C)=C4C)C(C)=C3C. The largest absolute Gasteiger partial charge is 0.355 e. The Morgan fingerprint density at radius 3 is 1.50 bits per heavy atom. The van der Waals surface area contributed by atoms with Gasteiger partial charge in [-0.05, 0) is 187 Å². The minimum atomic E-state index is 0.858. The number of rotatable bonds is 7. The number of hydrogen-bond acceptors (Lipinski definition) is 2. The van der Waals surface area contributed by atoms with Gasteiger partial charge >= 0.3 is 0 Å². The van der Waals surface area contributed by atoms with Crippen molar-refractivity contribution in [3.63, 3.8) is 0 Å². The average Bonchev–Trinajstić information content (AvgIpc) is 3.96. The van der Waals surface area contributed by atoms with Crippen molar-refractivity contribution >= 4 is 65.9 Å². The first kappa shape index (κ1) is 42.0. The summed E-state index contributed by atoms with van der Waals surface area (Å²) < 4.78 is 0. The second kappa shape index (κ2) is 17.8. The van der Waals surface area contributed by atoms with Gasteiger partial charge in [-0.25, -0.2) is 9.97 Å². The van der Waals surface area contributed by atoms with Crippen LogP contribution in [0.3, 0.4) is 0 Å². The smallest absolute Gasteiger partial charge is 0.0770 e. The summed E-state index contributed by atoms with van der Waals surface area (Å²) in [5, 5.41) is 4.56. The van der Waals surface area contributed by atoms with E-state index >= 15 is 0 Å². The molecule has 2 N–H and O–H groups in total. The summed E-state index contributed by atoms with van der Waals surface area (Å²) in [6, 6.07) is 34.2. The number of fused-ring (bicyclic) bond motifs is 10. The van der Waals surface area contributed by atoms with E-state index in [1.54, 1.807) is 0 Å². The number of aromatic amines is 2. The summed E-state index contributed by atoms with van der Waals surface area (Å²) >= 11 is 0. The fraction of sp³-hybridized carbons (Fsp3) is 0.233. The number of unbranched alkanes of at least 4 members (excludes halogenated alkanes) is 2. The number of hydrogen-bond donors (Lipinski definition) is 2. The van der Waals surface area contributed by atoms with E-state index in [0.29, 0.717) is 0 Å². The second-order valence-electron chi connectivity index (χ2n) is 17.3. The number of nitrogens with zero attached hydrogens (tertiary/aromatic N) is 2. The Hall–Kier alpha value is -7.32. The highest BCUT2D eigenvalue weighted by atomic mass is 14.8. The fourth-order valence-electron chi connectivity index (χ4n) is 9.33. The Morgan fingerprint density at radius 2 is 0.969 bits per heavy atom. The molecule has 0 radical (unpaired) electrons. The zero-order valence-corrected chi connectivity index (χ0v) is 38.4. The molecule has 0 saturated heterocycles. The number of nitrogens with one attached hydrogen (secondary N) is 2. The van der Waals surface area contributed by atoms with E-state index in [-0.39, 0.29) is 0 Å². The van der Waals surface area contributed by atoms with E-state index in [9.17, 15) is 0 Å². The summed E-state index contributed by atoms with van der Waals surface area (Å²) in [4.78, 5) is 18.8. The van der Waals surface area contributed by atoms with Gasteiger partial charge in [0.25, 0.3) is 0 Å². The van der Waals surface area contributed by atoms with Crippen LogP contribution < -0.4 is 0 Å². The maximum absolute atomic E-state index is 5.50. The number of allylic oxidation sites excluding steroid dienone is 4. The van der Waals surface area contributed by atoms with Crippen molar-refractivity contribution in [1.82, 2.24) is 19.9 Å². The van der Waals surface area contributed by atoms with Gasteiger partial charge in [-0.2, -0.15) is 0 Å². The van der Waals surface area contributed by atoms with Crippen LogP contribution in [0.25, 0.3) is 77.0 Å². The molecule has 314 valence electrons. The van der Waals surface area contributed by atoms with Crippen LogP contribution in [-0.4, -0.2) is 19.9 Å². The van der Waals surface area contributed by atoms with Crippen molar-refractivity contribution in [3.8, 4) is 46.6 Å². The zero-order chi connectivity index (χ0) is 44.5. The molecule has 0 spiro atoms. The van der Waals surface area contributed by atoms with Gasteiger partial charge in [0.05, 0.1) is 22.8 Å². The van der Waals surface area contributed by atoms with Crippen LogP contribution in [0.4, 0.5) is 0 Å². The van der Waals surface area contributed by atoms with Crippen molar-refractivity contribution < 1.29 is 0 Å². The number of aryl methyl sites for hydroxylation is 4. The Balaban J connectivity index is 1.26. The molecule has 2 aliphatic rings. The van der Waals surface area contributed by atoms with E-state index in [1.165, 1.54) is 33.3 Å². The molecule has 0 unspecified atom stereocenters. The Kier molecular flexibility index (Phi) is 11.7. The van der Waals surface area contributed by atoms with Crippen LogP contribution in [0.5, 0.6) is 0 Å². The van der Waals surface area contributed by atoms with Crippen molar-refractivity contribution in [2.45, 2.75) is 93.9 Å². The van der Waals surface area contributed by atoms with Gasteiger partial charge in [0.15, 0.2) is 0 Å². The van der Waals surface area contributed by atoms with Crippen LogP contribution in [0, 0.1) is 49.4 Å². The van der Waals surface area contributed by atoms with Gasteiger partial charge in [0.1, 0.15) is 0 Å². The van der Waals surface area contributed by atoms with Gasteiger partial charge in [-0.3, -0.25) is 0 Å². The zero-order valence-electron chi connectivity index (χ0n) is 38.4. The molecular formula is C60H54N4. The lowest BCUT2D eigenvalue weighted by atomic mass is 9.92. The molecule has 64 heavy (non-hydrogen) atoms. The predicted molar refractivity (Wildman–Crippen MR) is 272 cm³/mol. The highest BCUT2D eigenvalue weighted by Crippen LogP contribution is 2.43. The highest BCUT2D eigenvalue weighted by Gasteiger charge is 2.26. The first-order valence-electron chi connectivity index (χ1n) is 22.8. The van der Waals surface area contributed by atoms with E-state index in [4.69, 9.17) is 9.97 Å². The van der Waals surface area contributed by atoms with Crippen molar-refractivity contribution in [2.24, 2.45) is 0 Å². The van der Waals surface area contributed by atoms with Crippen LogP contribution >= 0.6 is 0 Å². The van der Waals surface area contributed by atoms with Crippen molar-refractivity contribution in [2.75, 3.05) is 0 Å². The van der Waals surface area contributed by atoms with Crippen LogP contribution in [0.15, 0.2) is 97.1 Å². The van der Waals surface area contributed by atoms with Gasteiger partial charge in [-0.1, -0.05) is 105 Å². The number of benzene rings is 4. The van der Waals surface area contributed by atoms with Crippen LogP contribution in [0.1, 0.15) is 123 Å². The molecular weight excluding hydrogens is 777 g/mol. The molecule has 5 heterocycles. The molecule has 0 atom stereocenters. The molecule has 8 bridgehead atoms. The minimum Gasteiger partial charge on any atom is -0.355 e. The third-order valence-electron chi connectivity index (χ3n) is 13.4. The first-order chi connectivity index (χ1) is 31.2. The number of H-pyrrole nitrogens is 2. The quantitative estimate of drug-likeness (QED) is 0.124. The maximum atomic E-state index is 5.50. The molecule has 0 fully saturated rings. The second-order valence-corrected chi connectivity index (χ2v) is 17.3. The monoisotopic (exact) mass is 830 g/mol. The standard InChI is InChI=1S/C60H54N4/c1-9-11-27-46-41(7)54-34-52-37(3)39(5)59(63-52)58(60-40(6)38(4)53(64-60)35-55-42(8)47(28-12-10-2)57(62-55)36-56(46)61-54)50-31-22-17-24-43(50)23-15-13-14-16-32-51-48-29-20-18-25-44(48)33-45-26-19-21-30-49(45)51/h17-22,24-26,29-31,33-36,61-62H,9-12,27-28H2,1-8H3. The van der Waals surface area contributed by atoms with Gasteiger partial charge < -0.3 is 9.97 Å². The summed E-state index contributed by atoms with van der Waals surface area (Å²) in [5.41, 5.74) is 22.0. The first-order valence-corrected chi connectivity index (χ1v) is 22.8. The molecule has 4 nitrogen and oxygen atoms in total. The molecule has 2 aliphatic heterocycles. The minimum absolute atomic E-state index is 0.858. The third kappa shape index (κ3) is 7.74.